The molecule has 3 aromatic heterocycles. The smallest absolute Gasteiger partial charge is 0.146 e. The molecule has 0 aliphatic rings. The van der Waals surface area contributed by atoms with Crippen molar-refractivity contribution in [1.29, 1.82) is 0 Å². The van der Waals surface area contributed by atoms with Crippen molar-refractivity contribution in [1.82, 2.24) is 4.57 Å². The van der Waals surface area contributed by atoms with Crippen molar-refractivity contribution in [2.45, 2.75) is 0 Å². The molecule has 0 saturated heterocycles. The topological polar surface area (TPSA) is 31.2 Å². The number of hydrogen-bond acceptors (Lipinski definition) is 2. The van der Waals surface area contributed by atoms with Crippen LogP contribution in [0.2, 0.25) is 0 Å². The van der Waals surface area contributed by atoms with Crippen LogP contribution >= 0.6 is 0 Å². The van der Waals surface area contributed by atoms with E-state index < -0.39 is 0 Å². The Morgan fingerprint density at radius 2 is 1.00 bits per heavy atom. The summed E-state index contributed by atoms with van der Waals surface area (Å²) in [4.78, 5) is 0. The van der Waals surface area contributed by atoms with E-state index in [0.717, 1.165) is 60.7 Å². The highest BCUT2D eigenvalue weighted by atomic mass is 16.3. The maximum atomic E-state index is 6.91. The van der Waals surface area contributed by atoms with Gasteiger partial charge in [0.15, 0.2) is 0 Å². The Morgan fingerprint density at radius 3 is 1.76 bits per heavy atom. The van der Waals surface area contributed by atoms with Crippen molar-refractivity contribution in [3.63, 3.8) is 0 Å². The van der Waals surface area contributed by atoms with E-state index in [1.165, 1.54) is 43.7 Å². The molecule has 0 atom stereocenters. The van der Waals surface area contributed by atoms with Gasteiger partial charge in [0.2, 0.25) is 0 Å². The molecular formula is C46H27NO2. The van der Waals surface area contributed by atoms with Gasteiger partial charge in [-0.25, -0.2) is 0 Å². The van der Waals surface area contributed by atoms with Gasteiger partial charge < -0.3 is 13.4 Å². The van der Waals surface area contributed by atoms with Gasteiger partial charge in [-0.05, 0) is 81.2 Å². The average molecular weight is 626 g/mol. The molecule has 11 aromatic rings. The van der Waals surface area contributed by atoms with E-state index in [1.54, 1.807) is 0 Å². The number of para-hydroxylation sites is 3. The number of furan rings is 2. The van der Waals surface area contributed by atoms with Crippen molar-refractivity contribution in [3.05, 3.63) is 164 Å². The number of rotatable bonds is 3. The monoisotopic (exact) mass is 625 g/mol. The summed E-state index contributed by atoms with van der Waals surface area (Å²) in [5.41, 5.74) is 9.65. The quantitative estimate of drug-likeness (QED) is 0.183. The molecule has 0 aliphatic carbocycles. The van der Waals surface area contributed by atoms with Gasteiger partial charge in [-0.15, -0.1) is 0 Å². The lowest BCUT2D eigenvalue weighted by Gasteiger charge is -2.17. The van der Waals surface area contributed by atoms with Crippen molar-refractivity contribution in [3.8, 4) is 28.1 Å². The highest BCUT2D eigenvalue weighted by Gasteiger charge is 2.23. The van der Waals surface area contributed by atoms with Crippen molar-refractivity contribution < 1.29 is 8.83 Å². The molecule has 0 fully saturated rings. The molecule has 0 unspecified atom stereocenters. The first-order valence-electron chi connectivity index (χ1n) is 16.7. The SMILES string of the molecule is c1ccc(-n2c3ccccc3c3c(-c4c5ccccc5c(-c5cc6ccc7oc8ccccc8c7c6o5)c5ccccc45)cccc32)cc1. The van der Waals surface area contributed by atoms with Crippen LogP contribution in [0.1, 0.15) is 0 Å². The van der Waals surface area contributed by atoms with Crippen molar-refractivity contribution >= 4 is 76.3 Å². The van der Waals surface area contributed by atoms with Crippen molar-refractivity contribution in [2.24, 2.45) is 0 Å². The second kappa shape index (κ2) is 9.96. The first-order valence-corrected chi connectivity index (χ1v) is 16.7. The molecule has 3 heterocycles. The van der Waals surface area contributed by atoms with E-state index in [0.29, 0.717) is 0 Å². The second-order valence-corrected chi connectivity index (χ2v) is 12.8. The molecule has 49 heavy (non-hydrogen) atoms. The van der Waals surface area contributed by atoms with Gasteiger partial charge in [-0.3, -0.25) is 0 Å². The lowest BCUT2D eigenvalue weighted by molar-refractivity contribution is 0.635. The van der Waals surface area contributed by atoms with Crippen LogP contribution in [0, 0.1) is 0 Å². The molecule has 0 amide bonds. The van der Waals surface area contributed by atoms with Crippen LogP contribution < -0.4 is 0 Å². The first kappa shape index (κ1) is 26.5. The van der Waals surface area contributed by atoms with Crippen LogP contribution in [0.3, 0.4) is 0 Å². The van der Waals surface area contributed by atoms with Gasteiger partial charge in [0, 0.05) is 32.8 Å². The third-order valence-corrected chi connectivity index (χ3v) is 10.2. The molecule has 228 valence electrons. The predicted molar refractivity (Wildman–Crippen MR) is 204 cm³/mol. The van der Waals surface area contributed by atoms with E-state index in [1.807, 2.05) is 12.1 Å². The van der Waals surface area contributed by atoms with Gasteiger partial charge in [0.1, 0.15) is 22.5 Å². The van der Waals surface area contributed by atoms with Crippen LogP contribution in [0.15, 0.2) is 173 Å². The van der Waals surface area contributed by atoms with Crippen LogP contribution in [0.4, 0.5) is 0 Å². The summed E-state index contributed by atoms with van der Waals surface area (Å²) in [6, 6.07) is 58.3. The number of fused-ring (bicyclic) bond motifs is 10. The highest BCUT2D eigenvalue weighted by molar-refractivity contribution is 6.27. The molecule has 3 nitrogen and oxygen atoms in total. The lowest BCUT2D eigenvalue weighted by Crippen LogP contribution is -1.93. The fraction of sp³-hybridized carbons (Fsp3) is 0. The first-order chi connectivity index (χ1) is 24.3. The third kappa shape index (κ3) is 3.67. The average Bonchev–Trinajstić information content (AvgIpc) is 3.86. The molecule has 8 aromatic carbocycles. The van der Waals surface area contributed by atoms with E-state index in [-0.39, 0.29) is 0 Å². The summed E-state index contributed by atoms with van der Waals surface area (Å²) in [7, 11) is 0. The minimum Gasteiger partial charge on any atom is -0.456 e. The van der Waals surface area contributed by atoms with Gasteiger partial charge in [-0.1, -0.05) is 115 Å². The number of nitrogens with zero attached hydrogens (tertiary/aromatic N) is 1. The summed E-state index contributed by atoms with van der Waals surface area (Å²) < 4.78 is 15.5. The molecule has 0 aliphatic heterocycles. The van der Waals surface area contributed by atoms with Crippen LogP contribution in [-0.2, 0) is 0 Å². The van der Waals surface area contributed by atoms with Gasteiger partial charge in [0.05, 0.1) is 16.4 Å². The molecular weight excluding hydrogens is 599 g/mol. The van der Waals surface area contributed by atoms with Crippen LogP contribution in [0.5, 0.6) is 0 Å². The zero-order valence-electron chi connectivity index (χ0n) is 26.4. The summed E-state index contributed by atoms with van der Waals surface area (Å²) in [5, 5.41) is 10.3. The molecule has 0 saturated carbocycles. The van der Waals surface area contributed by atoms with Crippen LogP contribution in [0.25, 0.3) is 104 Å². The highest BCUT2D eigenvalue weighted by Crippen LogP contribution is 2.48. The third-order valence-electron chi connectivity index (χ3n) is 10.2. The van der Waals surface area contributed by atoms with E-state index >= 15 is 0 Å². The number of aromatic nitrogens is 1. The zero-order valence-corrected chi connectivity index (χ0v) is 26.4. The summed E-state index contributed by atoms with van der Waals surface area (Å²) in [6.07, 6.45) is 0. The fourth-order valence-electron chi connectivity index (χ4n) is 8.20. The molecule has 11 rings (SSSR count). The molecule has 0 bridgehead atoms. The number of benzene rings is 8. The Bertz CT molecular complexity index is 3050. The second-order valence-electron chi connectivity index (χ2n) is 12.8. The Labute approximate surface area is 280 Å². The minimum atomic E-state index is 0.836. The predicted octanol–water partition coefficient (Wildman–Crippen LogP) is 13.1. The van der Waals surface area contributed by atoms with E-state index in [4.69, 9.17) is 8.83 Å². The Balaban J connectivity index is 1.25. The molecule has 0 radical (unpaired) electrons. The largest absolute Gasteiger partial charge is 0.456 e. The standard InChI is InChI=1S/C46H27NO2/c1-2-13-29(14-3-1)47-37-22-10-8-19-34(37)43-36(21-12-23-38(43)47)42-30-15-4-6-17-32(30)44(33-18-7-5-16-31(33)42)41-27-28-25-26-40-45(46(28)49-41)35-20-9-11-24-39(35)48-40/h1-27H. The Kier molecular flexibility index (Phi) is 5.38. The van der Waals surface area contributed by atoms with E-state index in [2.05, 4.69) is 156 Å². The molecule has 0 N–H and O–H groups in total. The Morgan fingerprint density at radius 1 is 0.388 bits per heavy atom. The Hall–Kier alpha value is -6.58. The van der Waals surface area contributed by atoms with E-state index in [9.17, 15) is 0 Å². The normalized spacial score (nSPS) is 12.1. The summed E-state index contributed by atoms with van der Waals surface area (Å²) in [6.45, 7) is 0. The zero-order chi connectivity index (χ0) is 32.1. The summed E-state index contributed by atoms with van der Waals surface area (Å²) in [5.74, 6) is 0.852. The summed E-state index contributed by atoms with van der Waals surface area (Å²) >= 11 is 0. The van der Waals surface area contributed by atoms with Gasteiger partial charge in [-0.2, -0.15) is 0 Å². The van der Waals surface area contributed by atoms with Crippen LogP contribution in [-0.4, -0.2) is 4.57 Å². The van der Waals surface area contributed by atoms with Crippen molar-refractivity contribution in [2.75, 3.05) is 0 Å². The lowest BCUT2D eigenvalue weighted by atomic mass is 9.86. The molecule has 0 spiro atoms. The van der Waals surface area contributed by atoms with Gasteiger partial charge >= 0.3 is 0 Å². The number of hydrogen-bond donors (Lipinski definition) is 0. The fourth-order valence-corrected chi connectivity index (χ4v) is 8.20. The maximum Gasteiger partial charge on any atom is 0.146 e. The maximum absolute atomic E-state index is 6.91. The minimum absolute atomic E-state index is 0.836. The van der Waals surface area contributed by atoms with Gasteiger partial charge in [0.25, 0.3) is 0 Å². The molecule has 3 heteroatoms.